The SMILES string of the molecule is CCOc1ccc(CNC(=S)Nc2cccc(Cl)c2C)cc1OCC. The van der Waals surface area contributed by atoms with Crippen LogP contribution in [0.15, 0.2) is 36.4 Å². The Morgan fingerprint density at radius 3 is 2.52 bits per heavy atom. The predicted octanol–water partition coefficient (Wildman–Crippen LogP) is 4.93. The minimum Gasteiger partial charge on any atom is -0.490 e. The van der Waals surface area contributed by atoms with Crippen LogP contribution in [0, 0.1) is 6.92 Å². The summed E-state index contributed by atoms with van der Waals surface area (Å²) >= 11 is 11.5. The fraction of sp³-hybridized carbons (Fsp3) is 0.316. The monoisotopic (exact) mass is 378 g/mol. The first-order valence-electron chi connectivity index (χ1n) is 8.23. The van der Waals surface area contributed by atoms with Gasteiger partial charge in [-0.15, -0.1) is 0 Å². The topological polar surface area (TPSA) is 42.5 Å². The Balaban J connectivity index is 1.99. The Bertz CT molecular complexity index is 737. The Hall–Kier alpha value is -1.98. The highest BCUT2D eigenvalue weighted by Crippen LogP contribution is 2.28. The van der Waals surface area contributed by atoms with Crippen molar-refractivity contribution >= 4 is 34.6 Å². The molecule has 0 radical (unpaired) electrons. The van der Waals surface area contributed by atoms with E-state index >= 15 is 0 Å². The number of hydrogen-bond donors (Lipinski definition) is 2. The summed E-state index contributed by atoms with van der Waals surface area (Å²) in [5, 5.41) is 7.62. The molecular formula is C19H23ClN2O2S. The summed E-state index contributed by atoms with van der Waals surface area (Å²) in [6.45, 7) is 7.63. The van der Waals surface area contributed by atoms with E-state index in [2.05, 4.69) is 10.6 Å². The van der Waals surface area contributed by atoms with Gasteiger partial charge in [0.05, 0.1) is 13.2 Å². The molecule has 2 aromatic rings. The van der Waals surface area contributed by atoms with Crippen molar-refractivity contribution in [2.24, 2.45) is 0 Å². The number of anilines is 1. The average molecular weight is 379 g/mol. The Kier molecular flexibility index (Phi) is 7.34. The van der Waals surface area contributed by atoms with Crippen LogP contribution >= 0.6 is 23.8 Å². The van der Waals surface area contributed by atoms with Crippen molar-refractivity contribution in [3.8, 4) is 11.5 Å². The largest absolute Gasteiger partial charge is 0.490 e. The smallest absolute Gasteiger partial charge is 0.171 e. The first-order valence-corrected chi connectivity index (χ1v) is 9.02. The molecule has 2 N–H and O–H groups in total. The molecule has 0 atom stereocenters. The number of ether oxygens (including phenoxy) is 2. The van der Waals surface area contributed by atoms with Crippen molar-refractivity contribution in [3.05, 3.63) is 52.5 Å². The molecule has 25 heavy (non-hydrogen) atoms. The maximum Gasteiger partial charge on any atom is 0.171 e. The van der Waals surface area contributed by atoms with Crippen LogP contribution in [0.3, 0.4) is 0 Å². The molecule has 2 rings (SSSR count). The molecule has 0 saturated carbocycles. The zero-order valence-electron chi connectivity index (χ0n) is 14.7. The van der Waals surface area contributed by atoms with Gasteiger partial charge in [-0.3, -0.25) is 0 Å². The maximum atomic E-state index is 6.13. The Morgan fingerprint density at radius 2 is 1.80 bits per heavy atom. The lowest BCUT2D eigenvalue weighted by molar-refractivity contribution is 0.287. The van der Waals surface area contributed by atoms with Crippen LogP contribution in [-0.2, 0) is 6.54 Å². The molecule has 2 aromatic carbocycles. The highest BCUT2D eigenvalue weighted by molar-refractivity contribution is 7.80. The fourth-order valence-electron chi connectivity index (χ4n) is 2.30. The van der Waals surface area contributed by atoms with Crippen LogP contribution in [-0.4, -0.2) is 18.3 Å². The van der Waals surface area contributed by atoms with Gasteiger partial charge in [0.2, 0.25) is 0 Å². The van der Waals surface area contributed by atoms with Crippen LogP contribution in [0.25, 0.3) is 0 Å². The molecule has 0 aliphatic carbocycles. The summed E-state index contributed by atoms with van der Waals surface area (Å²) < 4.78 is 11.2. The zero-order valence-corrected chi connectivity index (χ0v) is 16.3. The van der Waals surface area contributed by atoms with E-state index in [-0.39, 0.29) is 0 Å². The fourth-order valence-corrected chi connectivity index (χ4v) is 2.65. The normalized spacial score (nSPS) is 10.2. The van der Waals surface area contributed by atoms with Crippen LogP contribution in [0.2, 0.25) is 5.02 Å². The maximum absolute atomic E-state index is 6.13. The second kappa shape index (κ2) is 9.49. The van der Waals surface area contributed by atoms with Gasteiger partial charge in [-0.05, 0) is 68.4 Å². The van der Waals surface area contributed by atoms with Gasteiger partial charge in [0, 0.05) is 17.3 Å². The van der Waals surface area contributed by atoms with E-state index in [0.717, 1.165) is 28.3 Å². The van der Waals surface area contributed by atoms with Crippen LogP contribution in [0.5, 0.6) is 11.5 Å². The number of thiocarbonyl (C=S) groups is 1. The summed E-state index contributed by atoms with van der Waals surface area (Å²) in [4.78, 5) is 0. The van der Waals surface area contributed by atoms with E-state index in [4.69, 9.17) is 33.3 Å². The number of benzene rings is 2. The summed E-state index contributed by atoms with van der Waals surface area (Å²) in [5.74, 6) is 1.50. The lowest BCUT2D eigenvalue weighted by Gasteiger charge is -2.15. The highest BCUT2D eigenvalue weighted by atomic mass is 35.5. The van der Waals surface area contributed by atoms with E-state index in [0.29, 0.717) is 29.9 Å². The Labute approximate surface area is 159 Å². The van der Waals surface area contributed by atoms with Crippen LogP contribution < -0.4 is 20.1 Å². The Morgan fingerprint density at radius 1 is 1.08 bits per heavy atom. The van der Waals surface area contributed by atoms with Crippen molar-refractivity contribution < 1.29 is 9.47 Å². The van der Waals surface area contributed by atoms with E-state index in [1.54, 1.807) is 0 Å². The van der Waals surface area contributed by atoms with Crippen molar-refractivity contribution in [3.63, 3.8) is 0 Å². The second-order valence-corrected chi connectivity index (χ2v) is 6.18. The standard InChI is InChI=1S/C19H23ClN2O2S/c1-4-23-17-10-9-14(11-18(17)24-5-2)12-21-19(25)22-16-8-6-7-15(20)13(16)3/h6-11H,4-5,12H2,1-3H3,(H2,21,22,25). The van der Waals surface area contributed by atoms with E-state index in [9.17, 15) is 0 Å². The van der Waals surface area contributed by atoms with Crippen LogP contribution in [0.1, 0.15) is 25.0 Å². The molecule has 0 aliphatic heterocycles. The molecule has 4 nitrogen and oxygen atoms in total. The molecule has 0 spiro atoms. The van der Waals surface area contributed by atoms with Gasteiger partial charge in [0.1, 0.15) is 0 Å². The predicted molar refractivity (Wildman–Crippen MR) is 108 cm³/mol. The van der Waals surface area contributed by atoms with Crippen LogP contribution in [0.4, 0.5) is 5.69 Å². The van der Waals surface area contributed by atoms with Gasteiger partial charge >= 0.3 is 0 Å². The van der Waals surface area contributed by atoms with Crippen molar-refractivity contribution in [1.29, 1.82) is 0 Å². The molecule has 6 heteroatoms. The highest BCUT2D eigenvalue weighted by Gasteiger charge is 2.07. The van der Waals surface area contributed by atoms with Gasteiger partial charge in [0.15, 0.2) is 16.6 Å². The van der Waals surface area contributed by atoms with E-state index < -0.39 is 0 Å². The molecule has 134 valence electrons. The molecule has 0 unspecified atom stereocenters. The number of nitrogens with one attached hydrogen (secondary N) is 2. The van der Waals surface area contributed by atoms with E-state index in [1.165, 1.54) is 0 Å². The van der Waals surface area contributed by atoms with Gasteiger partial charge in [-0.25, -0.2) is 0 Å². The number of rotatable bonds is 7. The quantitative estimate of drug-likeness (QED) is 0.668. The first kappa shape index (κ1) is 19.3. The average Bonchev–Trinajstić information content (AvgIpc) is 2.59. The molecule has 0 aliphatic rings. The van der Waals surface area contributed by atoms with Gasteiger partial charge in [0.25, 0.3) is 0 Å². The van der Waals surface area contributed by atoms with Gasteiger partial charge < -0.3 is 20.1 Å². The van der Waals surface area contributed by atoms with Crippen molar-refractivity contribution in [2.75, 3.05) is 18.5 Å². The summed E-state index contributed by atoms with van der Waals surface area (Å²) in [7, 11) is 0. The lowest BCUT2D eigenvalue weighted by Crippen LogP contribution is -2.28. The third-order valence-electron chi connectivity index (χ3n) is 3.58. The van der Waals surface area contributed by atoms with Crippen molar-refractivity contribution in [1.82, 2.24) is 5.32 Å². The molecular weight excluding hydrogens is 356 g/mol. The summed E-state index contributed by atoms with van der Waals surface area (Å²) in [5.41, 5.74) is 2.92. The number of halogens is 1. The van der Waals surface area contributed by atoms with Gasteiger partial charge in [-0.1, -0.05) is 23.7 Å². The third-order valence-corrected chi connectivity index (χ3v) is 4.23. The summed E-state index contributed by atoms with van der Waals surface area (Å²) in [6.07, 6.45) is 0. The molecule has 0 amide bonds. The molecule has 0 saturated heterocycles. The minimum atomic E-state index is 0.539. The molecule has 0 bridgehead atoms. The summed E-state index contributed by atoms with van der Waals surface area (Å²) in [6, 6.07) is 11.6. The minimum absolute atomic E-state index is 0.539. The molecule has 0 fully saturated rings. The van der Waals surface area contributed by atoms with E-state index in [1.807, 2.05) is 57.2 Å². The first-order chi connectivity index (χ1) is 12.0. The number of hydrogen-bond acceptors (Lipinski definition) is 3. The molecule has 0 aromatic heterocycles. The lowest BCUT2D eigenvalue weighted by atomic mass is 10.2. The molecule has 0 heterocycles. The second-order valence-electron chi connectivity index (χ2n) is 5.37. The third kappa shape index (κ3) is 5.51. The zero-order chi connectivity index (χ0) is 18.2. The van der Waals surface area contributed by atoms with Gasteiger partial charge in [-0.2, -0.15) is 0 Å². The van der Waals surface area contributed by atoms with Crippen molar-refractivity contribution in [2.45, 2.75) is 27.3 Å².